The Hall–Kier alpha value is -1.19. The summed E-state index contributed by atoms with van der Waals surface area (Å²) < 4.78 is 0. The van der Waals surface area contributed by atoms with E-state index >= 15 is 0 Å². The highest BCUT2D eigenvalue weighted by atomic mass is 16.3. The lowest BCUT2D eigenvalue weighted by atomic mass is 9.95. The number of piperidine rings is 1. The lowest BCUT2D eigenvalue weighted by Crippen LogP contribution is -2.46. The molecule has 1 unspecified atom stereocenters. The molecule has 0 amide bonds. The Morgan fingerprint density at radius 2 is 2.05 bits per heavy atom. The molecule has 1 saturated heterocycles. The minimum absolute atomic E-state index is 0.185. The van der Waals surface area contributed by atoms with Crippen LogP contribution in [0.25, 0.3) is 0 Å². The molecule has 0 saturated carbocycles. The average Bonchev–Trinajstić information content (AvgIpc) is 2.36. The fourth-order valence-electron chi connectivity index (χ4n) is 2.66. The number of β-amino-alcohol motifs (C(OH)–C–C–N with tert-alkyl or cyclic N) is 1. The van der Waals surface area contributed by atoms with Gasteiger partial charge in [0.25, 0.3) is 0 Å². The molecule has 1 N–H and O–H groups in total. The quantitative estimate of drug-likeness (QED) is 0.846. The molecule has 1 heterocycles. The molecule has 1 atom stereocenters. The zero-order valence-electron chi connectivity index (χ0n) is 11.9. The number of aliphatic hydroxyl groups is 1. The highest BCUT2D eigenvalue weighted by Crippen LogP contribution is 2.20. The third-order valence-corrected chi connectivity index (χ3v) is 3.78. The smallest absolute Gasteiger partial charge is 0.164 e. The Bertz CT molecular complexity index is 437. The molecule has 1 aliphatic heterocycles. The largest absolute Gasteiger partial charge is 0.389 e. The van der Waals surface area contributed by atoms with Crippen molar-refractivity contribution in [2.24, 2.45) is 0 Å². The lowest BCUT2D eigenvalue weighted by Gasteiger charge is -2.36. The maximum Gasteiger partial charge on any atom is 0.164 e. The molecule has 1 fully saturated rings. The van der Waals surface area contributed by atoms with Gasteiger partial charge in [-0.05, 0) is 33.2 Å². The van der Waals surface area contributed by atoms with E-state index in [-0.39, 0.29) is 5.78 Å². The third kappa shape index (κ3) is 4.15. The first-order chi connectivity index (χ1) is 8.96. The zero-order chi connectivity index (χ0) is 13.9. The molecule has 1 aliphatic rings. The van der Waals surface area contributed by atoms with Gasteiger partial charge in [-0.2, -0.15) is 0 Å². The number of carbonyl (C=O) groups is 1. The highest BCUT2D eigenvalue weighted by Gasteiger charge is 2.28. The molecule has 2 rings (SSSR count). The van der Waals surface area contributed by atoms with E-state index in [2.05, 4.69) is 4.90 Å². The molecule has 1 aromatic carbocycles. The molecule has 0 spiro atoms. The Balaban J connectivity index is 1.85. The normalized spacial score (nSPS) is 24.4. The van der Waals surface area contributed by atoms with Crippen LogP contribution in [0, 0.1) is 6.92 Å². The van der Waals surface area contributed by atoms with E-state index in [4.69, 9.17) is 0 Å². The number of nitrogens with zero attached hydrogens (tertiary/aromatic N) is 1. The van der Waals surface area contributed by atoms with Crippen LogP contribution in [-0.4, -0.2) is 41.0 Å². The van der Waals surface area contributed by atoms with Gasteiger partial charge in [-0.15, -0.1) is 0 Å². The Kier molecular flexibility index (Phi) is 4.38. The van der Waals surface area contributed by atoms with E-state index in [1.165, 1.54) is 5.56 Å². The minimum Gasteiger partial charge on any atom is -0.389 e. The summed E-state index contributed by atoms with van der Waals surface area (Å²) in [6, 6.07) is 7.73. The monoisotopic (exact) mass is 261 g/mol. The van der Waals surface area contributed by atoms with Gasteiger partial charge in [0, 0.05) is 25.1 Å². The van der Waals surface area contributed by atoms with Crippen molar-refractivity contribution in [1.29, 1.82) is 0 Å². The molecule has 0 radical (unpaired) electrons. The summed E-state index contributed by atoms with van der Waals surface area (Å²) in [5.41, 5.74) is 1.36. The third-order valence-electron chi connectivity index (χ3n) is 3.78. The number of ketones is 1. The SMILES string of the molecule is Cc1ccc(C(=O)CCN2CCCC(C)(O)C2)cc1. The molecule has 0 aliphatic carbocycles. The Labute approximate surface area is 115 Å². The van der Waals surface area contributed by atoms with Gasteiger partial charge in [0.05, 0.1) is 5.60 Å². The van der Waals surface area contributed by atoms with E-state index < -0.39 is 5.60 Å². The second kappa shape index (κ2) is 5.85. The van der Waals surface area contributed by atoms with Gasteiger partial charge in [0.2, 0.25) is 0 Å². The number of aryl methyl sites for hydroxylation is 1. The van der Waals surface area contributed by atoms with Crippen LogP contribution in [0.1, 0.15) is 42.1 Å². The summed E-state index contributed by atoms with van der Waals surface area (Å²) in [5.74, 6) is 0.185. The van der Waals surface area contributed by atoms with E-state index in [1.54, 1.807) is 0 Å². The number of likely N-dealkylation sites (tertiary alicyclic amines) is 1. The molecule has 1 aromatic rings. The van der Waals surface area contributed by atoms with Gasteiger partial charge < -0.3 is 10.0 Å². The second-order valence-corrected chi connectivity index (χ2v) is 5.92. The Morgan fingerprint density at radius 1 is 1.37 bits per heavy atom. The molecule has 0 aromatic heterocycles. The second-order valence-electron chi connectivity index (χ2n) is 5.92. The van der Waals surface area contributed by atoms with Crippen LogP contribution in [0.5, 0.6) is 0 Å². The summed E-state index contributed by atoms with van der Waals surface area (Å²) >= 11 is 0. The first-order valence-corrected chi connectivity index (χ1v) is 7.01. The molecule has 104 valence electrons. The van der Waals surface area contributed by atoms with Gasteiger partial charge in [0.1, 0.15) is 0 Å². The number of hydrogen-bond donors (Lipinski definition) is 1. The van der Waals surface area contributed by atoms with Crippen LogP contribution >= 0.6 is 0 Å². The highest BCUT2D eigenvalue weighted by molar-refractivity contribution is 5.96. The standard InChI is InChI=1S/C16H23NO2/c1-13-4-6-14(7-5-13)15(18)8-11-17-10-3-9-16(2,19)12-17/h4-7,19H,3,8-12H2,1-2H3. The molecule has 19 heavy (non-hydrogen) atoms. The van der Waals surface area contributed by atoms with Crippen molar-refractivity contribution in [3.63, 3.8) is 0 Å². The first-order valence-electron chi connectivity index (χ1n) is 7.01. The van der Waals surface area contributed by atoms with Crippen molar-refractivity contribution in [3.8, 4) is 0 Å². The van der Waals surface area contributed by atoms with Crippen molar-refractivity contribution < 1.29 is 9.90 Å². The van der Waals surface area contributed by atoms with Crippen molar-refractivity contribution >= 4 is 5.78 Å². The van der Waals surface area contributed by atoms with Crippen molar-refractivity contribution in [2.75, 3.05) is 19.6 Å². The summed E-state index contributed by atoms with van der Waals surface area (Å²) in [4.78, 5) is 14.3. The first kappa shape index (κ1) is 14.2. The predicted octanol–water partition coefficient (Wildman–Crippen LogP) is 2.41. The predicted molar refractivity (Wildman–Crippen MR) is 76.4 cm³/mol. The van der Waals surface area contributed by atoms with Crippen molar-refractivity contribution in [3.05, 3.63) is 35.4 Å². The van der Waals surface area contributed by atoms with Gasteiger partial charge in [0.15, 0.2) is 5.78 Å². The number of Topliss-reactive ketones (excluding diaryl/α,β-unsaturated/α-hetero) is 1. The fraction of sp³-hybridized carbons (Fsp3) is 0.562. The summed E-state index contributed by atoms with van der Waals surface area (Å²) in [5, 5.41) is 10.0. The summed E-state index contributed by atoms with van der Waals surface area (Å²) in [6.07, 6.45) is 2.39. The molecular formula is C16H23NO2. The summed E-state index contributed by atoms with van der Waals surface area (Å²) in [7, 11) is 0. The molecule has 3 nitrogen and oxygen atoms in total. The average molecular weight is 261 g/mol. The number of carbonyl (C=O) groups excluding carboxylic acids is 1. The molecule has 3 heteroatoms. The Morgan fingerprint density at radius 3 is 2.68 bits per heavy atom. The fourth-order valence-corrected chi connectivity index (χ4v) is 2.66. The van der Waals surface area contributed by atoms with Crippen LogP contribution < -0.4 is 0 Å². The number of hydrogen-bond acceptors (Lipinski definition) is 3. The van der Waals surface area contributed by atoms with E-state index in [0.717, 1.165) is 31.5 Å². The minimum atomic E-state index is -0.592. The van der Waals surface area contributed by atoms with Gasteiger partial charge in [-0.3, -0.25) is 4.79 Å². The van der Waals surface area contributed by atoms with Gasteiger partial charge >= 0.3 is 0 Å². The van der Waals surface area contributed by atoms with Gasteiger partial charge in [-0.25, -0.2) is 0 Å². The molecular weight excluding hydrogens is 238 g/mol. The van der Waals surface area contributed by atoms with Crippen LogP contribution in [0.15, 0.2) is 24.3 Å². The molecule has 0 bridgehead atoms. The zero-order valence-corrected chi connectivity index (χ0v) is 11.9. The lowest BCUT2D eigenvalue weighted by molar-refractivity contribution is -0.0153. The van der Waals surface area contributed by atoms with E-state index in [0.29, 0.717) is 13.0 Å². The van der Waals surface area contributed by atoms with Crippen LogP contribution in [0.2, 0.25) is 0 Å². The summed E-state index contributed by atoms with van der Waals surface area (Å²) in [6.45, 7) is 6.29. The van der Waals surface area contributed by atoms with Gasteiger partial charge in [-0.1, -0.05) is 29.8 Å². The number of benzene rings is 1. The maximum atomic E-state index is 12.1. The maximum absolute atomic E-state index is 12.1. The van der Waals surface area contributed by atoms with Crippen LogP contribution in [0.4, 0.5) is 0 Å². The van der Waals surface area contributed by atoms with Crippen molar-refractivity contribution in [1.82, 2.24) is 4.90 Å². The van der Waals surface area contributed by atoms with E-state index in [9.17, 15) is 9.90 Å². The van der Waals surface area contributed by atoms with Crippen molar-refractivity contribution in [2.45, 2.75) is 38.7 Å². The topological polar surface area (TPSA) is 40.5 Å². The van der Waals surface area contributed by atoms with Crippen LogP contribution in [-0.2, 0) is 0 Å². The number of rotatable bonds is 4. The van der Waals surface area contributed by atoms with Crippen LogP contribution in [0.3, 0.4) is 0 Å². The van der Waals surface area contributed by atoms with E-state index in [1.807, 2.05) is 38.1 Å².